The third kappa shape index (κ3) is 3.83. The molecule has 0 saturated carbocycles. The van der Waals surface area contributed by atoms with Crippen LogP contribution in [0.3, 0.4) is 0 Å². The Morgan fingerprint density at radius 1 is 1.19 bits per heavy atom. The van der Waals surface area contributed by atoms with Crippen molar-refractivity contribution >= 4 is 16.0 Å². The molecule has 0 saturated heterocycles. The number of hydrogen-bond donors (Lipinski definition) is 1. The van der Waals surface area contributed by atoms with Crippen molar-refractivity contribution < 1.29 is 32.2 Å². The molecule has 8 nitrogen and oxygen atoms in total. The first-order chi connectivity index (χ1) is 12.2. The molecule has 2 aromatic rings. The van der Waals surface area contributed by atoms with E-state index in [1.165, 1.54) is 25.4 Å². The number of hydrogen-bond acceptors (Lipinski definition) is 6. The summed E-state index contributed by atoms with van der Waals surface area (Å²) in [5.74, 6) is -0.668. The minimum Gasteiger partial charge on any atom is -0.493 e. The van der Waals surface area contributed by atoms with E-state index in [1.54, 1.807) is 25.1 Å². The highest BCUT2D eigenvalue weighted by Gasteiger charge is 2.29. The van der Waals surface area contributed by atoms with Crippen molar-refractivity contribution in [3.05, 3.63) is 41.3 Å². The molecule has 0 fully saturated rings. The van der Waals surface area contributed by atoms with Gasteiger partial charge in [0.25, 0.3) is 0 Å². The highest BCUT2D eigenvalue weighted by molar-refractivity contribution is 7.89. The molecule has 0 aliphatic carbocycles. The third-order valence-electron chi connectivity index (χ3n) is 3.86. The second-order valence-electron chi connectivity index (χ2n) is 5.46. The number of carbonyl (C=O) groups is 1. The summed E-state index contributed by atoms with van der Waals surface area (Å²) in [6.45, 7) is 3.41. The number of nitrogens with zero attached hydrogens (tertiary/aromatic N) is 1. The second kappa shape index (κ2) is 7.79. The average molecular weight is 383 g/mol. The lowest BCUT2D eigenvalue weighted by molar-refractivity contribution is 0.0661. The fraction of sp³-hybridized carbons (Fsp3) is 0.353. The van der Waals surface area contributed by atoms with Gasteiger partial charge >= 0.3 is 5.97 Å². The van der Waals surface area contributed by atoms with E-state index in [2.05, 4.69) is 0 Å². The zero-order valence-electron chi connectivity index (χ0n) is 15.0. The highest BCUT2D eigenvalue weighted by Crippen LogP contribution is 2.30. The Morgan fingerprint density at radius 3 is 2.35 bits per heavy atom. The molecule has 0 amide bonds. The van der Waals surface area contributed by atoms with Gasteiger partial charge in [-0.2, -0.15) is 4.31 Å². The van der Waals surface area contributed by atoms with Crippen LogP contribution in [0.15, 0.2) is 33.6 Å². The van der Waals surface area contributed by atoms with Crippen LogP contribution in [0.25, 0.3) is 0 Å². The second-order valence-corrected chi connectivity index (χ2v) is 7.36. The van der Waals surface area contributed by atoms with Crippen LogP contribution >= 0.6 is 0 Å². The number of ether oxygens (including phenoxy) is 2. The Balaban J connectivity index is 2.37. The number of methoxy groups -OCH3 is 2. The number of carboxylic acids is 1. The number of sulfonamides is 1. The van der Waals surface area contributed by atoms with Crippen molar-refractivity contribution in [3.63, 3.8) is 0 Å². The summed E-state index contributed by atoms with van der Waals surface area (Å²) in [7, 11) is -0.910. The molecule has 0 unspecified atom stereocenters. The zero-order chi connectivity index (χ0) is 19.5. The van der Waals surface area contributed by atoms with Crippen LogP contribution in [-0.4, -0.2) is 44.6 Å². The van der Waals surface area contributed by atoms with Crippen molar-refractivity contribution in [1.82, 2.24) is 4.31 Å². The predicted octanol–water partition coefficient (Wildman–Crippen LogP) is 2.51. The highest BCUT2D eigenvalue weighted by atomic mass is 32.2. The Kier molecular flexibility index (Phi) is 5.94. The summed E-state index contributed by atoms with van der Waals surface area (Å²) in [6, 6.07) is 6.16. The zero-order valence-corrected chi connectivity index (χ0v) is 15.8. The summed E-state index contributed by atoms with van der Waals surface area (Å²) >= 11 is 0. The van der Waals surface area contributed by atoms with E-state index in [0.29, 0.717) is 17.1 Å². The largest absolute Gasteiger partial charge is 0.493 e. The van der Waals surface area contributed by atoms with Crippen molar-refractivity contribution in [3.8, 4) is 11.5 Å². The van der Waals surface area contributed by atoms with Crippen LogP contribution in [-0.2, 0) is 16.6 Å². The van der Waals surface area contributed by atoms with Gasteiger partial charge in [-0.15, -0.1) is 0 Å². The molecule has 0 radical (unpaired) electrons. The molecule has 0 bridgehead atoms. The summed E-state index contributed by atoms with van der Waals surface area (Å²) in [6.07, 6.45) is 0. The predicted molar refractivity (Wildman–Crippen MR) is 93.2 cm³/mol. The van der Waals surface area contributed by atoms with E-state index in [-0.39, 0.29) is 23.7 Å². The lowest BCUT2D eigenvalue weighted by atomic mass is 10.2. The number of aromatic carboxylic acids is 1. The van der Waals surface area contributed by atoms with Crippen LogP contribution in [0, 0.1) is 6.92 Å². The smallest absolute Gasteiger partial charge is 0.371 e. The van der Waals surface area contributed by atoms with E-state index in [1.807, 2.05) is 0 Å². The average Bonchev–Trinajstić information content (AvgIpc) is 3.02. The van der Waals surface area contributed by atoms with Crippen LogP contribution in [0.5, 0.6) is 11.5 Å². The molecule has 1 aromatic heterocycles. The van der Waals surface area contributed by atoms with E-state index in [9.17, 15) is 13.2 Å². The third-order valence-corrected chi connectivity index (χ3v) is 5.89. The molecule has 2 rings (SSSR count). The van der Waals surface area contributed by atoms with Gasteiger partial charge in [-0.25, -0.2) is 13.2 Å². The van der Waals surface area contributed by atoms with Crippen molar-refractivity contribution in [1.29, 1.82) is 0 Å². The Hall–Kier alpha value is -2.52. The molecule has 1 aromatic carbocycles. The lowest BCUT2D eigenvalue weighted by Gasteiger charge is -2.20. The van der Waals surface area contributed by atoms with Gasteiger partial charge in [0.1, 0.15) is 10.7 Å². The molecule has 9 heteroatoms. The van der Waals surface area contributed by atoms with Gasteiger partial charge in [0, 0.05) is 19.2 Å². The first-order valence-corrected chi connectivity index (χ1v) is 9.23. The molecule has 0 atom stereocenters. The first-order valence-electron chi connectivity index (χ1n) is 7.79. The minimum atomic E-state index is -3.92. The number of benzene rings is 1. The molecule has 1 heterocycles. The van der Waals surface area contributed by atoms with Gasteiger partial charge < -0.3 is 19.0 Å². The fourth-order valence-electron chi connectivity index (χ4n) is 2.52. The van der Waals surface area contributed by atoms with E-state index < -0.39 is 21.8 Å². The van der Waals surface area contributed by atoms with Gasteiger partial charge in [-0.3, -0.25) is 0 Å². The van der Waals surface area contributed by atoms with Gasteiger partial charge in [-0.05, 0) is 24.6 Å². The van der Waals surface area contributed by atoms with Crippen molar-refractivity contribution in [2.24, 2.45) is 0 Å². The standard InChI is InChI=1S/C17H21NO7S/c1-5-18(10-12-6-7-13(23-3)14(8-12)24-4)26(21,22)16-9-15(17(19)20)25-11(16)2/h6-9H,5,10H2,1-4H3,(H,19,20). The Labute approximate surface area is 152 Å². The molecular weight excluding hydrogens is 362 g/mol. The fourth-order valence-corrected chi connectivity index (χ4v) is 4.11. The molecule has 26 heavy (non-hydrogen) atoms. The maximum Gasteiger partial charge on any atom is 0.371 e. The van der Waals surface area contributed by atoms with E-state index in [4.69, 9.17) is 19.0 Å². The van der Waals surface area contributed by atoms with Crippen LogP contribution < -0.4 is 9.47 Å². The summed E-state index contributed by atoms with van der Waals surface area (Å²) in [5.41, 5.74) is 0.702. The quantitative estimate of drug-likeness (QED) is 0.746. The number of furan rings is 1. The maximum atomic E-state index is 12.9. The van der Waals surface area contributed by atoms with Gasteiger partial charge in [0.15, 0.2) is 11.5 Å². The number of rotatable bonds is 8. The maximum absolute atomic E-state index is 12.9. The molecule has 0 aliphatic rings. The van der Waals surface area contributed by atoms with Gasteiger partial charge in [0.2, 0.25) is 15.8 Å². The molecule has 0 spiro atoms. The summed E-state index contributed by atoms with van der Waals surface area (Å²) in [5, 5.41) is 9.00. The van der Waals surface area contributed by atoms with E-state index in [0.717, 1.165) is 6.07 Å². The number of aryl methyl sites for hydroxylation is 1. The molecule has 0 aliphatic heterocycles. The topological polar surface area (TPSA) is 106 Å². The van der Waals surface area contributed by atoms with Gasteiger partial charge in [0.05, 0.1) is 14.2 Å². The van der Waals surface area contributed by atoms with Gasteiger partial charge in [-0.1, -0.05) is 13.0 Å². The minimum absolute atomic E-state index is 0.0353. The van der Waals surface area contributed by atoms with Crippen LogP contribution in [0.4, 0.5) is 0 Å². The van der Waals surface area contributed by atoms with E-state index >= 15 is 0 Å². The Bertz CT molecular complexity index is 902. The molecule has 142 valence electrons. The Morgan fingerprint density at radius 2 is 1.85 bits per heavy atom. The summed E-state index contributed by atoms with van der Waals surface area (Å²) in [4.78, 5) is 10.9. The first kappa shape index (κ1) is 19.8. The van der Waals surface area contributed by atoms with Crippen LogP contribution in [0.2, 0.25) is 0 Å². The molecular formula is C17H21NO7S. The molecule has 1 N–H and O–H groups in total. The van der Waals surface area contributed by atoms with Crippen LogP contribution in [0.1, 0.15) is 28.8 Å². The summed E-state index contributed by atoms with van der Waals surface area (Å²) < 4.78 is 42.5. The van der Waals surface area contributed by atoms with Crippen molar-refractivity contribution in [2.75, 3.05) is 20.8 Å². The number of carboxylic acid groups (broad SMARTS) is 1. The van der Waals surface area contributed by atoms with Crippen molar-refractivity contribution in [2.45, 2.75) is 25.3 Å². The SMILES string of the molecule is CCN(Cc1ccc(OC)c(OC)c1)S(=O)(=O)c1cc(C(=O)O)oc1C. The lowest BCUT2D eigenvalue weighted by Crippen LogP contribution is -2.30. The monoisotopic (exact) mass is 383 g/mol. The normalized spacial score (nSPS) is 11.6.